The first kappa shape index (κ1) is 43.3. The zero-order chi connectivity index (χ0) is 43.0. The first-order valence-electron chi connectivity index (χ1n) is 21.6. The van der Waals surface area contributed by atoms with Crippen molar-refractivity contribution < 1.29 is 24.5 Å². The van der Waals surface area contributed by atoms with Gasteiger partial charge in [-0.15, -0.1) is 54.1 Å². The number of hydrogen-bond donors (Lipinski definition) is 0. The molecule has 0 amide bonds. The van der Waals surface area contributed by atoms with Crippen LogP contribution >= 0.6 is 0 Å². The molecular weight excluding hydrogens is 947 g/mol. The molecule has 0 fully saturated rings. The molecule has 1 radical (unpaired) electrons. The van der Waals surface area contributed by atoms with Gasteiger partial charge in [-0.05, 0) is 98.3 Å². The molecule has 5 heteroatoms. The SMILES string of the molecule is CC(C)(C)c1ccnc(-c2[c-]cccc2)c1.CC(C)c1cc(-c2ccccc2)cc(C(C)C)c1-n1c(-c2[c-]ccc3c2oc2cc(-c4ccccc4)ccc23)nc2ccccc21.[Ir]. The molecule has 0 unspecified atom stereocenters. The first-order chi connectivity index (χ1) is 30.0. The molecule has 3 heterocycles. The van der Waals surface area contributed by atoms with Gasteiger partial charge in [0.15, 0.2) is 0 Å². The van der Waals surface area contributed by atoms with E-state index in [0.717, 1.165) is 61.2 Å². The number of nitrogens with zero attached hydrogens (tertiary/aromatic N) is 3. The van der Waals surface area contributed by atoms with E-state index in [0.29, 0.717) is 0 Å². The Hall–Kier alpha value is -6.39. The molecule has 0 aliphatic rings. The summed E-state index contributed by atoms with van der Waals surface area (Å²) in [5.41, 5.74) is 16.6. The summed E-state index contributed by atoms with van der Waals surface area (Å²) >= 11 is 0. The van der Waals surface area contributed by atoms with Crippen LogP contribution < -0.4 is 0 Å². The Balaban J connectivity index is 0.000000271. The molecule has 0 aliphatic heterocycles. The third-order valence-corrected chi connectivity index (χ3v) is 11.7. The van der Waals surface area contributed by atoms with Crippen LogP contribution in [0.1, 0.15) is 77.0 Å². The standard InChI is InChI=1S/C43H35N2O.C15H16N.Ir/c1-27(2)36-24-32(30-16-9-6-10-17-30)25-37(28(3)4)41(36)45-39-21-12-11-20-38(39)44-43(45)35-19-13-18-34-33-23-22-31(26-40(33)46-42(34)35)29-14-7-5-8-15-29;1-15(2,3)13-9-10-16-14(11-13)12-7-5-4-6-8-12;/h5-18,20-28H,1-4H3;4-7,9-11H,1-3H3;/q2*-1;. The number of fused-ring (bicyclic) bond motifs is 4. The van der Waals surface area contributed by atoms with Crippen molar-refractivity contribution >= 4 is 33.0 Å². The Morgan fingerprint density at radius 1 is 0.587 bits per heavy atom. The summed E-state index contributed by atoms with van der Waals surface area (Å²) in [7, 11) is 0. The summed E-state index contributed by atoms with van der Waals surface area (Å²) < 4.78 is 9.10. The summed E-state index contributed by atoms with van der Waals surface area (Å²) in [5.74, 6) is 1.41. The quantitative estimate of drug-likeness (QED) is 0.149. The summed E-state index contributed by atoms with van der Waals surface area (Å²) in [6.45, 7) is 15.8. The van der Waals surface area contributed by atoms with Gasteiger partial charge in [0, 0.05) is 37.4 Å². The molecule has 7 aromatic carbocycles. The number of rotatable bonds is 7. The molecule has 315 valence electrons. The Labute approximate surface area is 385 Å². The van der Waals surface area contributed by atoms with E-state index in [1.54, 1.807) is 0 Å². The molecule has 63 heavy (non-hydrogen) atoms. The molecule has 0 bridgehead atoms. The number of aromatic nitrogens is 3. The molecule has 0 saturated carbocycles. The van der Waals surface area contributed by atoms with Crippen LogP contribution in [0.2, 0.25) is 0 Å². The van der Waals surface area contributed by atoms with Gasteiger partial charge in [-0.3, -0.25) is 4.98 Å². The van der Waals surface area contributed by atoms with Crippen molar-refractivity contribution in [2.45, 2.75) is 65.7 Å². The van der Waals surface area contributed by atoms with E-state index < -0.39 is 0 Å². The summed E-state index contributed by atoms with van der Waals surface area (Å²) in [6, 6.07) is 63.8. The monoisotopic (exact) mass is 998 g/mol. The number of benzene rings is 7. The molecule has 10 rings (SSSR count). The van der Waals surface area contributed by atoms with Crippen molar-refractivity contribution in [2.75, 3.05) is 0 Å². The van der Waals surface area contributed by atoms with E-state index in [2.05, 4.69) is 198 Å². The fourth-order valence-corrected chi connectivity index (χ4v) is 8.35. The van der Waals surface area contributed by atoms with Crippen molar-refractivity contribution in [2.24, 2.45) is 0 Å². The number of para-hydroxylation sites is 2. The van der Waals surface area contributed by atoms with Crippen LogP contribution in [-0.2, 0) is 25.5 Å². The smallest absolute Gasteiger partial charge is 0.121 e. The van der Waals surface area contributed by atoms with E-state index in [9.17, 15) is 0 Å². The van der Waals surface area contributed by atoms with E-state index >= 15 is 0 Å². The van der Waals surface area contributed by atoms with Gasteiger partial charge in [0.05, 0.1) is 22.4 Å². The van der Waals surface area contributed by atoms with Crippen LogP contribution in [0.3, 0.4) is 0 Å². The number of furan rings is 1. The van der Waals surface area contributed by atoms with E-state index in [1.165, 1.54) is 39.1 Å². The molecule has 0 spiro atoms. The maximum atomic E-state index is 6.73. The molecule has 0 aliphatic carbocycles. The third-order valence-electron chi connectivity index (χ3n) is 11.7. The molecule has 0 N–H and O–H groups in total. The van der Waals surface area contributed by atoms with E-state index in [-0.39, 0.29) is 37.4 Å². The first-order valence-corrected chi connectivity index (χ1v) is 21.6. The summed E-state index contributed by atoms with van der Waals surface area (Å²) in [5, 5.41) is 2.15. The van der Waals surface area contributed by atoms with Gasteiger partial charge in [0.1, 0.15) is 5.58 Å². The van der Waals surface area contributed by atoms with Crippen LogP contribution in [0.4, 0.5) is 0 Å². The van der Waals surface area contributed by atoms with Crippen LogP contribution in [0.25, 0.3) is 83.6 Å². The van der Waals surface area contributed by atoms with E-state index in [4.69, 9.17) is 9.40 Å². The van der Waals surface area contributed by atoms with Gasteiger partial charge in [-0.1, -0.05) is 150 Å². The Bertz CT molecular complexity index is 3130. The predicted octanol–water partition coefficient (Wildman–Crippen LogP) is 15.8. The Morgan fingerprint density at radius 2 is 1.24 bits per heavy atom. The number of pyridine rings is 1. The minimum absolute atomic E-state index is 0. The average Bonchev–Trinajstić information content (AvgIpc) is 3.88. The summed E-state index contributed by atoms with van der Waals surface area (Å²) in [4.78, 5) is 9.69. The summed E-state index contributed by atoms with van der Waals surface area (Å²) in [6.07, 6.45) is 1.87. The largest absolute Gasteiger partial charge is 0.501 e. The minimum atomic E-state index is 0. The zero-order valence-electron chi connectivity index (χ0n) is 36.9. The van der Waals surface area contributed by atoms with Crippen molar-refractivity contribution in [1.82, 2.24) is 14.5 Å². The fourth-order valence-electron chi connectivity index (χ4n) is 8.35. The van der Waals surface area contributed by atoms with Crippen molar-refractivity contribution in [3.8, 4) is 50.6 Å². The average molecular weight is 998 g/mol. The second-order valence-corrected chi connectivity index (χ2v) is 17.7. The molecule has 10 aromatic rings. The van der Waals surface area contributed by atoms with Crippen molar-refractivity contribution in [3.63, 3.8) is 0 Å². The molecule has 0 atom stereocenters. The second kappa shape index (κ2) is 18.1. The van der Waals surface area contributed by atoms with Crippen LogP contribution in [-0.4, -0.2) is 14.5 Å². The van der Waals surface area contributed by atoms with Crippen LogP contribution in [0.5, 0.6) is 0 Å². The zero-order valence-corrected chi connectivity index (χ0v) is 39.3. The fraction of sp³-hybridized carbons (Fsp3) is 0.172. The molecule has 3 aromatic heterocycles. The maximum absolute atomic E-state index is 6.73. The predicted molar refractivity (Wildman–Crippen MR) is 259 cm³/mol. The van der Waals surface area contributed by atoms with Crippen molar-refractivity contribution in [1.29, 1.82) is 0 Å². The molecular formula is C58H51IrN3O-2. The second-order valence-electron chi connectivity index (χ2n) is 17.7. The normalized spacial score (nSPS) is 11.6. The Kier molecular flexibility index (Phi) is 12.5. The molecule has 4 nitrogen and oxygen atoms in total. The van der Waals surface area contributed by atoms with Gasteiger partial charge in [-0.25, -0.2) is 0 Å². The van der Waals surface area contributed by atoms with Crippen LogP contribution in [0.15, 0.2) is 174 Å². The minimum Gasteiger partial charge on any atom is -0.501 e. The Morgan fingerprint density at radius 3 is 1.89 bits per heavy atom. The van der Waals surface area contributed by atoms with Crippen LogP contribution in [0, 0.1) is 12.1 Å². The van der Waals surface area contributed by atoms with Gasteiger partial charge >= 0.3 is 0 Å². The molecule has 0 saturated heterocycles. The maximum Gasteiger partial charge on any atom is 0.121 e. The topological polar surface area (TPSA) is 43.9 Å². The van der Waals surface area contributed by atoms with Crippen molar-refractivity contribution in [3.05, 3.63) is 199 Å². The number of hydrogen-bond acceptors (Lipinski definition) is 3. The number of imidazole rings is 1. The van der Waals surface area contributed by atoms with E-state index in [1.807, 2.05) is 42.6 Å². The van der Waals surface area contributed by atoms with Gasteiger partial charge in [-0.2, -0.15) is 0 Å². The van der Waals surface area contributed by atoms with Gasteiger partial charge in [0.25, 0.3) is 0 Å². The third kappa shape index (κ3) is 8.69. The van der Waals surface area contributed by atoms with Gasteiger partial charge < -0.3 is 14.0 Å². The van der Waals surface area contributed by atoms with Gasteiger partial charge in [0.2, 0.25) is 0 Å².